The molecule has 0 N–H and O–H groups in total. The first kappa shape index (κ1) is 13.8. The number of Topliss-reactive ketones (excluding diaryl/α,β-unsaturated/α-hetero) is 1. The highest BCUT2D eigenvalue weighted by Crippen LogP contribution is 2.30. The number of hydrogen-bond acceptors (Lipinski definition) is 1. The molecular formula is C18H22O. The molecule has 19 heavy (non-hydrogen) atoms. The zero-order valence-corrected chi connectivity index (χ0v) is 12.2. The summed E-state index contributed by atoms with van der Waals surface area (Å²) in [4.78, 5) is 12.5. The first-order chi connectivity index (χ1) is 8.89. The van der Waals surface area contributed by atoms with Gasteiger partial charge in [-0.3, -0.25) is 4.79 Å². The molecule has 0 aliphatic heterocycles. The van der Waals surface area contributed by atoms with Crippen molar-refractivity contribution in [2.75, 3.05) is 0 Å². The fourth-order valence-corrected chi connectivity index (χ4v) is 2.16. The third-order valence-electron chi connectivity index (χ3n) is 4.06. The van der Waals surface area contributed by atoms with Gasteiger partial charge in [-0.2, -0.15) is 0 Å². The molecule has 0 aliphatic carbocycles. The summed E-state index contributed by atoms with van der Waals surface area (Å²) in [7, 11) is 0. The normalized spacial score (nSPS) is 13.5. The molecule has 1 heteroatoms. The van der Waals surface area contributed by atoms with Gasteiger partial charge in [0.2, 0.25) is 0 Å². The zero-order chi connectivity index (χ0) is 14.0. The van der Waals surface area contributed by atoms with E-state index in [1.807, 2.05) is 30.3 Å². The summed E-state index contributed by atoms with van der Waals surface area (Å²) in [6.07, 6.45) is 0.609. The lowest BCUT2D eigenvalue weighted by atomic mass is 9.78. The molecule has 0 heterocycles. The molecule has 0 saturated carbocycles. The second-order valence-electron chi connectivity index (χ2n) is 6.42. The van der Waals surface area contributed by atoms with Gasteiger partial charge in [-0.1, -0.05) is 70.2 Å². The SMILES string of the molecule is CC(CC(=O)c1cccc2ccccc12)C(C)(C)C. The average molecular weight is 254 g/mol. The van der Waals surface area contributed by atoms with Crippen LogP contribution >= 0.6 is 0 Å². The molecule has 0 bridgehead atoms. The maximum atomic E-state index is 12.5. The number of hydrogen-bond donors (Lipinski definition) is 0. The van der Waals surface area contributed by atoms with Gasteiger partial charge >= 0.3 is 0 Å². The Morgan fingerprint density at radius 2 is 1.68 bits per heavy atom. The standard InChI is InChI=1S/C18H22O/c1-13(18(2,3)4)12-17(19)16-11-7-9-14-8-5-6-10-15(14)16/h5-11,13H,12H2,1-4H3. The molecule has 0 saturated heterocycles. The topological polar surface area (TPSA) is 17.1 Å². The highest BCUT2D eigenvalue weighted by molar-refractivity contribution is 6.08. The van der Waals surface area contributed by atoms with Gasteiger partial charge < -0.3 is 0 Å². The van der Waals surface area contributed by atoms with E-state index in [1.165, 1.54) is 0 Å². The molecule has 1 nitrogen and oxygen atoms in total. The lowest BCUT2D eigenvalue weighted by Gasteiger charge is -2.26. The maximum Gasteiger partial charge on any atom is 0.163 e. The van der Waals surface area contributed by atoms with E-state index in [9.17, 15) is 4.79 Å². The van der Waals surface area contributed by atoms with Crippen LogP contribution in [-0.2, 0) is 0 Å². The van der Waals surface area contributed by atoms with E-state index in [-0.39, 0.29) is 11.2 Å². The molecule has 1 atom stereocenters. The van der Waals surface area contributed by atoms with Crippen molar-refractivity contribution in [2.45, 2.75) is 34.1 Å². The lowest BCUT2D eigenvalue weighted by molar-refractivity contribution is 0.0929. The quantitative estimate of drug-likeness (QED) is 0.697. The summed E-state index contributed by atoms with van der Waals surface area (Å²) in [5, 5.41) is 2.20. The Kier molecular flexibility index (Phi) is 3.75. The van der Waals surface area contributed by atoms with Crippen molar-refractivity contribution in [3.8, 4) is 0 Å². The third-order valence-corrected chi connectivity index (χ3v) is 4.06. The summed E-state index contributed by atoms with van der Waals surface area (Å²) in [5.41, 5.74) is 1.02. The van der Waals surface area contributed by atoms with Crippen molar-refractivity contribution in [2.24, 2.45) is 11.3 Å². The van der Waals surface area contributed by atoms with Crippen LogP contribution in [-0.4, -0.2) is 5.78 Å². The lowest BCUT2D eigenvalue weighted by Crippen LogP contribution is -2.20. The van der Waals surface area contributed by atoms with Gasteiger partial charge in [-0.15, -0.1) is 0 Å². The monoisotopic (exact) mass is 254 g/mol. The number of benzene rings is 2. The minimum atomic E-state index is 0.167. The summed E-state index contributed by atoms with van der Waals surface area (Å²) < 4.78 is 0. The van der Waals surface area contributed by atoms with Crippen molar-refractivity contribution >= 4 is 16.6 Å². The van der Waals surface area contributed by atoms with Crippen LogP contribution in [0.5, 0.6) is 0 Å². The fraction of sp³-hybridized carbons (Fsp3) is 0.389. The van der Waals surface area contributed by atoms with Crippen LogP contribution in [0.15, 0.2) is 42.5 Å². The van der Waals surface area contributed by atoms with Crippen LogP contribution in [0.3, 0.4) is 0 Å². The van der Waals surface area contributed by atoms with E-state index < -0.39 is 0 Å². The van der Waals surface area contributed by atoms with Crippen molar-refractivity contribution in [3.63, 3.8) is 0 Å². The molecule has 100 valence electrons. The summed E-state index contributed by atoms with van der Waals surface area (Å²) in [6, 6.07) is 14.1. The molecule has 0 radical (unpaired) electrons. The predicted molar refractivity (Wildman–Crippen MR) is 81.5 cm³/mol. The molecule has 2 aromatic carbocycles. The van der Waals surface area contributed by atoms with Crippen molar-refractivity contribution in [1.29, 1.82) is 0 Å². The van der Waals surface area contributed by atoms with E-state index >= 15 is 0 Å². The molecule has 0 amide bonds. The Bertz CT molecular complexity index is 585. The number of rotatable bonds is 3. The minimum Gasteiger partial charge on any atom is -0.294 e. The van der Waals surface area contributed by atoms with Crippen molar-refractivity contribution < 1.29 is 4.79 Å². The Labute approximate surface area is 115 Å². The molecule has 2 aromatic rings. The zero-order valence-electron chi connectivity index (χ0n) is 12.2. The molecule has 0 spiro atoms. The molecular weight excluding hydrogens is 232 g/mol. The molecule has 2 rings (SSSR count). The second-order valence-corrected chi connectivity index (χ2v) is 6.42. The van der Waals surface area contributed by atoms with Gasteiger partial charge in [0, 0.05) is 12.0 Å². The maximum absolute atomic E-state index is 12.5. The van der Waals surface area contributed by atoms with Gasteiger partial charge in [0.1, 0.15) is 0 Å². The highest BCUT2D eigenvalue weighted by Gasteiger charge is 2.23. The highest BCUT2D eigenvalue weighted by atomic mass is 16.1. The van der Waals surface area contributed by atoms with Gasteiger partial charge in [-0.25, -0.2) is 0 Å². The first-order valence-electron chi connectivity index (χ1n) is 6.90. The number of fused-ring (bicyclic) bond motifs is 1. The van der Waals surface area contributed by atoms with E-state index in [0.717, 1.165) is 16.3 Å². The smallest absolute Gasteiger partial charge is 0.163 e. The van der Waals surface area contributed by atoms with Crippen LogP contribution in [0.4, 0.5) is 0 Å². The summed E-state index contributed by atoms with van der Waals surface area (Å²) in [6.45, 7) is 8.72. The van der Waals surface area contributed by atoms with Crippen LogP contribution in [0, 0.1) is 11.3 Å². The van der Waals surface area contributed by atoms with E-state index in [4.69, 9.17) is 0 Å². The van der Waals surface area contributed by atoms with Crippen LogP contribution in [0.2, 0.25) is 0 Å². The molecule has 0 aliphatic rings. The van der Waals surface area contributed by atoms with E-state index in [1.54, 1.807) is 0 Å². The Morgan fingerprint density at radius 3 is 2.37 bits per heavy atom. The predicted octanol–water partition coefficient (Wildman–Crippen LogP) is 5.09. The van der Waals surface area contributed by atoms with Gasteiger partial charge in [0.05, 0.1) is 0 Å². The van der Waals surface area contributed by atoms with Crippen LogP contribution in [0.1, 0.15) is 44.5 Å². The molecule has 1 unspecified atom stereocenters. The fourth-order valence-electron chi connectivity index (χ4n) is 2.16. The van der Waals surface area contributed by atoms with Crippen molar-refractivity contribution in [3.05, 3.63) is 48.0 Å². The summed E-state index contributed by atoms with van der Waals surface area (Å²) in [5.74, 6) is 0.623. The summed E-state index contributed by atoms with van der Waals surface area (Å²) >= 11 is 0. The van der Waals surface area contributed by atoms with Crippen molar-refractivity contribution in [1.82, 2.24) is 0 Å². The molecule has 0 aromatic heterocycles. The van der Waals surface area contributed by atoms with Gasteiger partial charge in [-0.05, 0) is 22.1 Å². The van der Waals surface area contributed by atoms with Crippen LogP contribution in [0.25, 0.3) is 10.8 Å². The minimum absolute atomic E-state index is 0.167. The third kappa shape index (κ3) is 3.04. The molecule has 0 fully saturated rings. The number of carbonyl (C=O) groups is 1. The van der Waals surface area contributed by atoms with E-state index in [2.05, 4.69) is 39.8 Å². The Hall–Kier alpha value is -1.63. The largest absolute Gasteiger partial charge is 0.294 e. The average Bonchev–Trinajstić information content (AvgIpc) is 2.36. The Balaban J connectivity index is 2.32. The first-order valence-corrected chi connectivity index (χ1v) is 6.90. The second kappa shape index (κ2) is 5.16. The van der Waals surface area contributed by atoms with Gasteiger partial charge in [0.15, 0.2) is 5.78 Å². The van der Waals surface area contributed by atoms with Gasteiger partial charge in [0.25, 0.3) is 0 Å². The van der Waals surface area contributed by atoms with Crippen LogP contribution < -0.4 is 0 Å². The number of carbonyl (C=O) groups excluding carboxylic acids is 1. The number of ketones is 1. The Morgan fingerprint density at radius 1 is 1.05 bits per heavy atom. The van der Waals surface area contributed by atoms with E-state index in [0.29, 0.717) is 12.3 Å².